The molecule has 2 aromatic rings. The summed E-state index contributed by atoms with van der Waals surface area (Å²) >= 11 is 0. The molecule has 25 heavy (non-hydrogen) atoms. The summed E-state index contributed by atoms with van der Waals surface area (Å²) in [6, 6.07) is 1.85. The van der Waals surface area contributed by atoms with Gasteiger partial charge in [-0.05, 0) is 25.6 Å². The first kappa shape index (κ1) is 17.2. The summed E-state index contributed by atoms with van der Waals surface area (Å²) in [6.07, 6.45) is 0. The van der Waals surface area contributed by atoms with Gasteiger partial charge < -0.3 is 19.7 Å². The van der Waals surface area contributed by atoms with Gasteiger partial charge in [-0.1, -0.05) is 0 Å². The first-order valence-corrected chi connectivity index (χ1v) is 8.15. The zero-order valence-corrected chi connectivity index (χ0v) is 14.9. The molecule has 0 atom stereocenters. The molecule has 2 aromatic heterocycles. The number of hydrogen-bond donors (Lipinski definition) is 1. The first-order chi connectivity index (χ1) is 11.8. The van der Waals surface area contributed by atoms with Gasteiger partial charge in [-0.15, -0.1) is 0 Å². The minimum atomic E-state index is -0.637. The lowest BCUT2D eigenvalue weighted by Gasteiger charge is -2.33. The molecule has 0 saturated carbocycles. The maximum absolute atomic E-state index is 12.7. The Hall–Kier alpha value is -2.68. The number of nitrogens with zero attached hydrogens (tertiary/aromatic N) is 5. The van der Waals surface area contributed by atoms with Crippen molar-refractivity contribution in [1.29, 1.82) is 0 Å². The summed E-state index contributed by atoms with van der Waals surface area (Å²) in [6.45, 7) is 5.40. The lowest BCUT2D eigenvalue weighted by molar-refractivity contribution is -0.385. The van der Waals surface area contributed by atoms with Crippen molar-refractivity contribution in [3.05, 3.63) is 32.0 Å². The van der Waals surface area contributed by atoms with Gasteiger partial charge in [0.2, 0.25) is 0 Å². The van der Waals surface area contributed by atoms with Crippen molar-refractivity contribution < 1.29 is 4.92 Å². The van der Waals surface area contributed by atoms with Crippen LogP contribution in [0.25, 0.3) is 11.0 Å². The maximum Gasteiger partial charge on any atom is 0.357 e. The number of likely N-dealkylation sites (N-methyl/N-ethyl adjacent to an activating group) is 1. The number of hydrogen-bond acceptors (Lipinski definition) is 7. The molecule has 0 radical (unpaired) electrons. The number of anilines is 2. The molecule has 1 aliphatic rings. The van der Waals surface area contributed by atoms with Crippen LogP contribution in [0.5, 0.6) is 0 Å². The SMILES string of the molecule is CNc1c([N+](=O)[O-])c(=O)c2c(C)cc(N3CCN(C)CC3)nc2n1C. The van der Waals surface area contributed by atoms with E-state index >= 15 is 0 Å². The molecular weight excluding hydrogens is 324 g/mol. The lowest BCUT2D eigenvalue weighted by atomic mass is 10.1. The first-order valence-electron chi connectivity index (χ1n) is 8.15. The van der Waals surface area contributed by atoms with E-state index in [0.717, 1.165) is 32.0 Å². The van der Waals surface area contributed by atoms with Crippen LogP contribution in [0, 0.1) is 17.0 Å². The van der Waals surface area contributed by atoms with Gasteiger partial charge in [0.1, 0.15) is 11.5 Å². The van der Waals surface area contributed by atoms with Crippen molar-refractivity contribution in [2.24, 2.45) is 7.05 Å². The topological polar surface area (TPSA) is 96.5 Å². The Morgan fingerprint density at radius 2 is 1.88 bits per heavy atom. The highest BCUT2D eigenvalue weighted by atomic mass is 16.6. The van der Waals surface area contributed by atoms with Gasteiger partial charge in [-0.25, -0.2) is 4.98 Å². The zero-order chi connectivity index (χ0) is 18.3. The van der Waals surface area contributed by atoms with E-state index in [0.29, 0.717) is 16.6 Å². The van der Waals surface area contributed by atoms with E-state index in [2.05, 4.69) is 27.1 Å². The minimum Gasteiger partial charge on any atom is -0.369 e. The van der Waals surface area contributed by atoms with Crippen molar-refractivity contribution in [3.63, 3.8) is 0 Å². The number of fused-ring (bicyclic) bond motifs is 1. The number of aromatic nitrogens is 2. The van der Waals surface area contributed by atoms with E-state index in [9.17, 15) is 14.9 Å². The molecular formula is C16H22N6O3. The summed E-state index contributed by atoms with van der Waals surface area (Å²) < 4.78 is 1.58. The van der Waals surface area contributed by atoms with E-state index in [1.807, 2.05) is 6.07 Å². The molecule has 3 rings (SSSR count). The van der Waals surface area contributed by atoms with Gasteiger partial charge in [0.15, 0.2) is 5.82 Å². The number of nitrogens with one attached hydrogen (secondary N) is 1. The Bertz CT molecular complexity index is 899. The summed E-state index contributed by atoms with van der Waals surface area (Å²) in [7, 11) is 5.32. The van der Waals surface area contributed by atoms with Crippen LogP contribution in [0.1, 0.15) is 5.56 Å². The van der Waals surface area contributed by atoms with E-state index in [-0.39, 0.29) is 5.82 Å². The number of piperazine rings is 1. The summed E-state index contributed by atoms with van der Waals surface area (Å²) in [4.78, 5) is 32.5. The largest absolute Gasteiger partial charge is 0.369 e. The fraction of sp³-hybridized carbons (Fsp3) is 0.500. The highest BCUT2D eigenvalue weighted by molar-refractivity contribution is 5.86. The summed E-state index contributed by atoms with van der Waals surface area (Å²) in [5.74, 6) is 0.953. The molecule has 134 valence electrons. The molecule has 0 unspecified atom stereocenters. The molecule has 0 aliphatic carbocycles. The Labute approximate surface area is 145 Å². The number of rotatable bonds is 3. The lowest BCUT2D eigenvalue weighted by Crippen LogP contribution is -2.44. The molecule has 0 amide bonds. The second kappa shape index (κ2) is 6.32. The number of pyridine rings is 2. The van der Waals surface area contributed by atoms with E-state index in [4.69, 9.17) is 0 Å². The van der Waals surface area contributed by atoms with Crippen LogP contribution in [0.4, 0.5) is 17.3 Å². The second-order valence-electron chi connectivity index (χ2n) is 6.38. The fourth-order valence-electron chi connectivity index (χ4n) is 3.31. The van der Waals surface area contributed by atoms with Gasteiger partial charge in [-0.3, -0.25) is 14.9 Å². The summed E-state index contributed by atoms with van der Waals surface area (Å²) in [5.41, 5.74) is 0.103. The van der Waals surface area contributed by atoms with Gasteiger partial charge in [0.05, 0.1) is 10.3 Å². The van der Waals surface area contributed by atoms with Crippen LogP contribution in [-0.4, -0.2) is 59.6 Å². The normalized spacial score (nSPS) is 15.6. The van der Waals surface area contributed by atoms with Crippen LogP contribution in [0.2, 0.25) is 0 Å². The van der Waals surface area contributed by atoms with E-state index < -0.39 is 16.0 Å². The highest BCUT2D eigenvalue weighted by Gasteiger charge is 2.27. The van der Waals surface area contributed by atoms with Crippen LogP contribution < -0.4 is 15.6 Å². The molecule has 0 aromatic carbocycles. The van der Waals surface area contributed by atoms with Crippen LogP contribution in [-0.2, 0) is 7.05 Å². The second-order valence-corrected chi connectivity index (χ2v) is 6.38. The van der Waals surface area contributed by atoms with E-state index in [1.54, 1.807) is 25.6 Å². The van der Waals surface area contributed by atoms with Crippen LogP contribution in [0.15, 0.2) is 10.9 Å². The molecule has 0 spiro atoms. The molecule has 0 bridgehead atoms. The van der Waals surface area contributed by atoms with Gasteiger partial charge in [-0.2, -0.15) is 0 Å². The Balaban J connectivity index is 2.25. The quantitative estimate of drug-likeness (QED) is 0.653. The van der Waals surface area contributed by atoms with Gasteiger partial charge >= 0.3 is 5.69 Å². The van der Waals surface area contributed by atoms with Gasteiger partial charge in [0, 0.05) is 40.3 Å². The highest BCUT2D eigenvalue weighted by Crippen LogP contribution is 2.27. The number of aryl methyl sites for hydroxylation is 2. The molecule has 1 aliphatic heterocycles. The monoisotopic (exact) mass is 346 g/mol. The van der Waals surface area contributed by atoms with Crippen molar-refractivity contribution in [3.8, 4) is 0 Å². The third-order valence-corrected chi connectivity index (χ3v) is 4.75. The average Bonchev–Trinajstić information content (AvgIpc) is 2.57. The van der Waals surface area contributed by atoms with Crippen molar-refractivity contribution in [1.82, 2.24) is 14.5 Å². The Morgan fingerprint density at radius 3 is 2.44 bits per heavy atom. The molecule has 1 saturated heterocycles. The smallest absolute Gasteiger partial charge is 0.357 e. The predicted molar refractivity (Wildman–Crippen MR) is 97.6 cm³/mol. The molecule has 1 fully saturated rings. The molecule has 1 N–H and O–H groups in total. The minimum absolute atomic E-state index is 0.157. The predicted octanol–water partition coefficient (Wildman–Crippen LogP) is 0.944. The van der Waals surface area contributed by atoms with Crippen LogP contribution in [0.3, 0.4) is 0 Å². The third-order valence-electron chi connectivity index (χ3n) is 4.75. The third kappa shape index (κ3) is 2.80. The zero-order valence-electron chi connectivity index (χ0n) is 14.9. The summed E-state index contributed by atoms with van der Waals surface area (Å²) in [5, 5.41) is 14.4. The Morgan fingerprint density at radius 1 is 1.24 bits per heavy atom. The molecule has 9 nitrogen and oxygen atoms in total. The standard InChI is InChI=1S/C16H22N6O3/c1-10-9-11(21-7-5-19(3)6-8-21)18-15-12(10)14(23)13(22(24)25)16(17-2)20(15)4/h9,17H,5-8H2,1-4H3. The maximum atomic E-state index is 12.7. The van der Waals surface area contributed by atoms with Crippen molar-refractivity contribution in [2.75, 3.05) is 50.5 Å². The van der Waals surface area contributed by atoms with Crippen molar-refractivity contribution in [2.45, 2.75) is 6.92 Å². The average molecular weight is 346 g/mol. The van der Waals surface area contributed by atoms with Crippen LogP contribution >= 0.6 is 0 Å². The van der Waals surface area contributed by atoms with Gasteiger partial charge in [0.25, 0.3) is 5.43 Å². The molecule has 9 heteroatoms. The Kier molecular flexibility index (Phi) is 4.34. The van der Waals surface area contributed by atoms with Crippen molar-refractivity contribution >= 4 is 28.4 Å². The van der Waals surface area contributed by atoms with E-state index in [1.165, 1.54) is 0 Å². The molecule has 3 heterocycles. The fourth-order valence-corrected chi connectivity index (χ4v) is 3.31. The number of nitro groups is 1.